The number of aliphatic hydroxyl groups is 4. The van der Waals surface area contributed by atoms with Gasteiger partial charge in [-0.25, -0.2) is 0 Å². The van der Waals surface area contributed by atoms with Crippen molar-refractivity contribution in [2.45, 2.75) is 80.2 Å². The number of rotatable bonds is 6. The van der Waals surface area contributed by atoms with Crippen molar-refractivity contribution < 1.29 is 34.6 Å². The number of hydrogen-bond acceptors (Lipinski definition) is 11. The molecule has 1 aromatic rings. The molecular weight excluding hydrogens is 420 g/mol. The zero-order valence-electron chi connectivity index (χ0n) is 18.5. The fourth-order valence-corrected chi connectivity index (χ4v) is 5.14. The van der Waals surface area contributed by atoms with Gasteiger partial charge < -0.3 is 50.6 Å². The van der Waals surface area contributed by atoms with Gasteiger partial charge in [0.25, 0.3) is 0 Å². The van der Waals surface area contributed by atoms with E-state index in [2.05, 4.69) is 20.9 Å². The molecule has 10 atom stereocenters. The second-order valence-corrected chi connectivity index (χ2v) is 8.97. The van der Waals surface area contributed by atoms with E-state index in [4.69, 9.17) is 14.2 Å². The molecule has 11 nitrogen and oxygen atoms in total. The minimum atomic E-state index is -2.22. The largest absolute Gasteiger partial charge is 0.390 e. The maximum Gasteiger partial charge on any atom is 0.249 e. The van der Waals surface area contributed by atoms with Gasteiger partial charge in [0, 0.05) is 31.9 Å². The molecule has 11 heteroatoms. The first kappa shape index (κ1) is 23.9. The number of likely N-dealkylation sites (N-methyl/N-ethyl adjacent to an activating group) is 2. The molecule has 0 spiro atoms. The molecule has 0 amide bonds. The fraction of sp³-hybridized carbons (Fsp3) is 0.762. The van der Waals surface area contributed by atoms with Crippen molar-refractivity contribution in [1.82, 2.24) is 20.9 Å². The summed E-state index contributed by atoms with van der Waals surface area (Å²) in [4.78, 5) is 4.07. The molecular formula is C21H34N4O7. The Bertz CT molecular complexity index is 776. The average molecular weight is 455 g/mol. The maximum absolute atomic E-state index is 11.6. The molecule has 7 N–H and O–H groups in total. The quantitative estimate of drug-likeness (QED) is 0.242. The van der Waals surface area contributed by atoms with E-state index in [1.54, 1.807) is 33.4 Å². The van der Waals surface area contributed by atoms with Crippen LogP contribution in [0, 0.1) is 0 Å². The van der Waals surface area contributed by atoms with Gasteiger partial charge in [-0.2, -0.15) is 0 Å². The lowest BCUT2D eigenvalue weighted by Crippen LogP contribution is -2.81. The minimum absolute atomic E-state index is 0.00217. The molecule has 2 unspecified atom stereocenters. The Kier molecular flexibility index (Phi) is 6.86. The smallest absolute Gasteiger partial charge is 0.249 e. The second kappa shape index (κ2) is 9.18. The molecule has 0 bridgehead atoms. The SMILES string of the molecule is CNC1[C@H](O)C2O[C@@H]3O[C@H](C)C[C@@](O)(CNCc4cccnc4)[C@]3(O)O[C@@H]2[C@@H](NC)[C@H]1O. The highest BCUT2D eigenvalue weighted by atomic mass is 16.8. The number of nitrogens with one attached hydrogen (secondary N) is 3. The van der Waals surface area contributed by atoms with Crippen LogP contribution in [0.25, 0.3) is 0 Å². The van der Waals surface area contributed by atoms with Crippen molar-refractivity contribution in [1.29, 1.82) is 0 Å². The molecule has 4 rings (SSSR count). The molecule has 32 heavy (non-hydrogen) atoms. The summed E-state index contributed by atoms with van der Waals surface area (Å²) in [5.74, 6) is -2.22. The Morgan fingerprint density at radius 1 is 1.09 bits per heavy atom. The van der Waals surface area contributed by atoms with Crippen LogP contribution >= 0.6 is 0 Å². The minimum Gasteiger partial charge on any atom is -0.390 e. The Balaban J connectivity index is 1.57. The molecule has 3 aliphatic rings. The van der Waals surface area contributed by atoms with Crippen LogP contribution in [-0.2, 0) is 20.8 Å². The maximum atomic E-state index is 11.6. The lowest BCUT2D eigenvalue weighted by atomic mass is 9.77. The third kappa shape index (κ3) is 3.96. The molecule has 2 saturated heterocycles. The second-order valence-electron chi connectivity index (χ2n) is 8.97. The first-order chi connectivity index (χ1) is 15.2. The van der Waals surface area contributed by atoms with Crippen molar-refractivity contribution in [2.75, 3.05) is 20.6 Å². The number of fused-ring (bicyclic) bond motifs is 2. The zero-order chi connectivity index (χ0) is 23.1. The van der Waals surface area contributed by atoms with Gasteiger partial charge in [0.2, 0.25) is 12.1 Å². The summed E-state index contributed by atoms with van der Waals surface area (Å²) in [7, 11) is 3.28. The number of nitrogens with zero attached hydrogens (tertiary/aromatic N) is 1. The number of aromatic nitrogens is 1. The van der Waals surface area contributed by atoms with Gasteiger partial charge >= 0.3 is 0 Å². The van der Waals surface area contributed by atoms with Gasteiger partial charge in [0.1, 0.15) is 23.9 Å². The number of hydrogen-bond donors (Lipinski definition) is 7. The summed E-state index contributed by atoms with van der Waals surface area (Å²) < 4.78 is 17.9. The van der Waals surface area contributed by atoms with Gasteiger partial charge in [-0.1, -0.05) is 6.07 Å². The van der Waals surface area contributed by atoms with E-state index in [1.165, 1.54) is 0 Å². The normalized spacial score (nSPS) is 46.3. The predicted octanol–water partition coefficient (Wildman–Crippen LogP) is -2.58. The summed E-state index contributed by atoms with van der Waals surface area (Å²) in [5.41, 5.74) is -0.830. The molecule has 0 radical (unpaired) electrons. The Morgan fingerprint density at radius 3 is 2.50 bits per heavy atom. The lowest BCUT2D eigenvalue weighted by molar-refractivity contribution is -0.482. The monoisotopic (exact) mass is 454 g/mol. The van der Waals surface area contributed by atoms with E-state index in [1.807, 2.05) is 12.1 Å². The summed E-state index contributed by atoms with van der Waals surface area (Å²) in [5, 5.41) is 53.8. The van der Waals surface area contributed by atoms with Crippen LogP contribution < -0.4 is 16.0 Å². The number of ether oxygens (including phenoxy) is 3. The highest BCUT2D eigenvalue weighted by molar-refractivity contribution is 5.13. The lowest BCUT2D eigenvalue weighted by Gasteiger charge is -2.60. The van der Waals surface area contributed by atoms with Crippen molar-refractivity contribution in [3.05, 3.63) is 30.1 Å². The van der Waals surface area contributed by atoms with Crippen molar-refractivity contribution in [3.8, 4) is 0 Å². The number of pyridine rings is 1. The van der Waals surface area contributed by atoms with E-state index >= 15 is 0 Å². The summed E-state index contributed by atoms with van der Waals surface area (Å²) in [6.07, 6.45) is -2.24. The Morgan fingerprint density at radius 2 is 1.84 bits per heavy atom. The van der Waals surface area contributed by atoms with E-state index in [0.717, 1.165) is 5.56 Å². The summed E-state index contributed by atoms with van der Waals surface area (Å²) in [6.45, 7) is 2.20. The van der Waals surface area contributed by atoms with Crippen molar-refractivity contribution in [3.63, 3.8) is 0 Å². The summed E-state index contributed by atoms with van der Waals surface area (Å²) >= 11 is 0. The van der Waals surface area contributed by atoms with E-state index in [-0.39, 0.29) is 13.0 Å². The first-order valence-corrected chi connectivity index (χ1v) is 11.0. The van der Waals surface area contributed by atoms with Crippen molar-refractivity contribution in [2.24, 2.45) is 0 Å². The van der Waals surface area contributed by atoms with Crippen LogP contribution in [0.2, 0.25) is 0 Å². The third-order valence-corrected chi connectivity index (χ3v) is 6.82. The highest BCUT2D eigenvalue weighted by Crippen LogP contribution is 2.46. The standard InChI is InChI=1S/C21H34N4O7/c1-11-7-20(28,10-25-9-12-5-4-6-24-8-12)21(29)19(30-11)31-18-16(27)13(22-2)15(26)14(23-3)17(18)32-21/h4-6,8,11,13-19,22-23,25-29H,7,9-10H2,1-3H3/t11-,13?,14+,15+,16+,17-,18?,19+,20-,21-/m1/s1. The van der Waals surface area contributed by atoms with E-state index in [0.29, 0.717) is 6.54 Å². The number of aliphatic hydroxyl groups excluding tert-OH is 2. The highest BCUT2D eigenvalue weighted by Gasteiger charge is 2.68. The molecule has 180 valence electrons. The van der Waals surface area contributed by atoms with Gasteiger partial charge in [-0.3, -0.25) is 4.98 Å². The van der Waals surface area contributed by atoms with Crippen LogP contribution in [0.15, 0.2) is 24.5 Å². The molecule has 0 aromatic carbocycles. The molecule has 1 aliphatic carbocycles. The van der Waals surface area contributed by atoms with Gasteiger partial charge in [-0.15, -0.1) is 0 Å². The van der Waals surface area contributed by atoms with Crippen molar-refractivity contribution >= 4 is 0 Å². The zero-order valence-corrected chi connectivity index (χ0v) is 18.5. The van der Waals surface area contributed by atoms with Crippen LogP contribution in [0.1, 0.15) is 18.9 Å². The van der Waals surface area contributed by atoms with Gasteiger partial charge in [0.05, 0.1) is 24.3 Å². The average Bonchev–Trinajstić information content (AvgIpc) is 2.75. The van der Waals surface area contributed by atoms with Gasteiger partial charge in [-0.05, 0) is 32.6 Å². The summed E-state index contributed by atoms with van der Waals surface area (Å²) in [6, 6.07) is 2.38. The Hall–Kier alpha value is -1.25. The predicted molar refractivity (Wildman–Crippen MR) is 112 cm³/mol. The Labute approximate surface area is 187 Å². The topological polar surface area (TPSA) is 158 Å². The van der Waals surface area contributed by atoms with Crippen LogP contribution in [0.5, 0.6) is 0 Å². The van der Waals surface area contributed by atoms with Gasteiger partial charge in [0.15, 0.2) is 0 Å². The molecule has 3 heterocycles. The van der Waals surface area contributed by atoms with Crippen LogP contribution in [-0.4, -0.2) is 106 Å². The third-order valence-electron chi connectivity index (χ3n) is 6.82. The van der Waals surface area contributed by atoms with Crippen LogP contribution in [0.4, 0.5) is 0 Å². The molecule has 3 fully saturated rings. The molecule has 1 aromatic heterocycles. The molecule has 1 saturated carbocycles. The van der Waals surface area contributed by atoms with E-state index in [9.17, 15) is 20.4 Å². The van der Waals surface area contributed by atoms with E-state index < -0.39 is 60.3 Å². The fourth-order valence-electron chi connectivity index (χ4n) is 5.14. The first-order valence-electron chi connectivity index (χ1n) is 11.0. The van der Waals surface area contributed by atoms with Crippen LogP contribution in [0.3, 0.4) is 0 Å². The molecule has 2 aliphatic heterocycles.